The van der Waals surface area contributed by atoms with Gasteiger partial charge >= 0.3 is 91.0 Å². The number of nitrogens with zero attached hydrogens (tertiary/aromatic N) is 1. The molecule has 1 aromatic rings. The predicted molar refractivity (Wildman–Crippen MR) is 47.0 cm³/mol. The van der Waals surface area contributed by atoms with Gasteiger partial charge < -0.3 is 0 Å². The molecule has 0 amide bonds. The monoisotopic (exact) mass is 329 g/mol. The van der Waals surface area contributed by atoms with E-state index in [-0.39, 0.29) is 0 Å². The van der Waals surface area contributed by atoms with Crippen LogP contribution in [0.4, 0.5) is 17.6 Å². The van der Waals surface area contributed by atoms with Gasteiger partial charge in [-0.3, -0.25) is 0 Å². The third-order valence-electron chi connectivity index (χ3n) is 1.28. The van der Waals surface area contributed by atoms with Crippen molar-refractivity contribution in [2.45, 2.75) is 0 Å². The molecule has 0 saturated heterocycles. The Balaban J connectivity index is 3.56. The van der Waals surface area contributed by atoms with Crippen LogP contribution in [0.5, 0.6) is 0 Å². The fourth-order valence-electron chi connectivity index (χ4n) is 0.736. The van der Waals surface area contributed by atoms with Gasteiger partial charge in [-0.15, -0.1) is 0 Å². The summed E-state index contributed by atoms with van der Waals surface area (Å²) in [5.74, 6) is -7.14. The SMILES string of the molecule is Fc1nc(F)c(F)[c]([Ge]([Cl])([Cl])[Cl])c1F. The third-order valence-corrected chi connectivity index (χ3v) is 6.34. The van der Waals surface area contributed by atoms with Gasteiger partial charge in [-0.1, -0.05) is 0 Å². The van der Waals surface area contributed by atoms with Crippen LogP contribution in [0.25, 0.3) is 0 Å². The number of hydrogen-bond acceptors (Lipinski definition) is 1. The summed E-state index contributed by atoms with van der Waals surface area (Å²) in [5.41, 5.74) is 0. The summed E-state index contributed by atoms with van der Waals surface area (Å²) in [6.07, 6.45) is 0. The fraction of sp³-hybridized carbons (Fsp3) is 0. The molecule has 1 heterocycles. The molecule has 0 saturated carbocycles. The van der Waals surface area contributed by atoms with E-state index < -0.39 is 38.4 Å². The summed E-state index contributed by atoms with van der Waals surface area (Å²) in [5, 5.41) is 0. The van der Waals surface area contributed by atoms with Gasteiger partial charge in [0.05, 0.1) is 0 Å². The normalized spacial score (nSPS) is 11.9. The Labute approximate surface area is 90.9 Å². The standard InChI is InChI=1S/C5Cl3F4GeN/c6-13(7,8)3-1(9)4(11)14-5(12)2(3)10. The van der Waals surface area contributed by atoms with E-state index in [0.29, 0.717) is 0 Å². The van der Waals surface area contributed by atoms with Crippen LogP contribution in [0.1, 0.15) is 0 Å². The van der Waals surface area contributed by atoms with Gasteiger partial charge in [-0.2, -0.15) is 0 Å². The molecule has 0 N–H and O–H groups in total. The maximum atomic E-state index is 12.9. The van der Waals surface area contributed by atoms with E-state index in [0.717, 1.165) is 0 Å². The Morgan fingerprint density at radius 3 is 1.50 bits per heavy atom. The van der Waals surface area contributed by atoms with Crippen LogP contribution in [0.3, 0.4) is 0 Å². The molecule has 0 aliphatic carbocycles. The Morgan fingerprint density at radius 1 is 0.857 bits per heavy atom. The van der Waals surface area contributed by atoms with Crippen LogP contribution in [0.2, 0.25) is 0 Å². The van der Waals surface area contributed by atoms with Crippen molar-refractivity contribution in [2.24, 2.45) is 0 Å². The number of rotatable bonds is 1. The number of pyridine rings is 1. The summed E-state index contributed by atoms with van der Waals surface area (Å²) in [4.78, 5) is 2.32. The van der Waals surface area contributed by atoms with Crippen LogP contribution in [-0.4, -0.2) is 15.5 Å². The molecule has 0 fully saturated rings. The average Bonchev–Trinajstić information content (AvgIpc) is 1.98. The van der Waals surface area contributed by atoms with E-state index in [9.17, 15) is 17.6 Å². The Morgan fingerprint density at radius 2 is 1.21 bits per heavy atom. The van der Waals surface area contributed by atoms with Gasteiger partial charge in [0, 0.05) is 0 Å². The summed E-state index contributed by atoms with van der Waals surface area (Å²) < 4.78 is 49.7. The van der Waals surface area contributed by atoms with E-state index in [4.69, 9.17) is 30.0 Å². The minimum absolute atomic E-state index is 1.14. The molecule has 1 aromatic heterocycles. The molecular formula is C5Cl3F4GeN. The van der Waals surface area contributed by atoms with Gasteiger partial charge in [0.1, 0.15) is 0 Å². The van der Waals surface area contributed by atoms with E-state index in [1.807, 2.05) is 0 Å². The molecule has 78 valence electrons. The molecule has 1 rings (SSSR count). The summed E-state index contributed by atoms with van der Waals surface area (Å²) >= 11 is 0. The van der Waals surface area contributed by atoms with Crippen molar-refractivity contribution in [3.8, 4) is 0 Å². The molecular weight excluding hydrogens is 329 g/mol. The summed E-state index contributed by atoms with van der Waals surface area (Å²) in [6.45, 7) is 0. The minimum atomic E-state index is -4.54. The number of hydrogen-bond donors (Lipinski definition) is 0. The second-order valence-corrected chi connectivity index (χ2v) is 17.2. The van der Waals surface area contributed by atoms with Crippen molar-refractivity contribution in [2.75, 3.05) is 0 Å². The van der Waals surface area contributed by atoms with Crippen LogP contribution >= 0.6 is 30.0 Å². The molecule has 0 spiro atoms. The van der Waals surface area contributed by atoms with E-state index >= 15 is 0 Å². The first-order valence-corrected chi connectivity index (χ1v) is 12.3. The predicted octanol–water partition coefficient (Wildman–Crippen LogP) is 2.50. The third kappa shape index (κ3) is 2.26. The second kappa shape index (κ2) is 4.04. The van der Waals surface area contributed by atoms with Gasteiger partial charge in [0.2, 0.25) is 0 Å². The summed E-state index contributed by atoms with van der Waals surface area (Å²) in [6, 6.07) is 0. The van der Waals surface area contributed by atoms with Crippen LogP contribution in [-0.2, 0) is 0 Å². The first kappa shape index (κ1) is 12.4. The zero-order chi connectivity index (χ0) is 11.1. The summed E-state index contributed by atoms with van der Waals surface area (Å²) in [7, 11) is 11.3. The molecule has 0 aliphatic heterocycles. The Kier molecular flexibility index (Phi) is 3.56. The quantitative estimate of drug-likeness (QED) is 0.438. The molecule has 0 aliphatic rings. The molecule has 0 atom stereocenters. The molecule has 9 heteroatoms. The molecule has 0 unspecified atom stereocenters. The van der Waals surface area contributed by atoms with Crippen molar-refractivity contribution < 1.29 is 17.6 Å². The first-order chi connectivity index (χ1) is 6.25. The zero-order valence-electron chi connectivity index (χ0n) is 6.09. The van der Waals surface area contributed by atoms with Crippen LogP contribution in [0, 0.1) is 23.5 Å². The number of halogens is 7. The van der Waals surface area contributed by atoms with Crippen molar-refractivity contribution >= 4 is 44.9 Å². The van der Waals surface area contributed by atoms with Gasteiger partial charge in [-0.25, -0.2) is 0 Å². The van der Waals surface area contributed by atoms with Crippen molar-refractivity contribution in [1.29, 1.82) is 0 Å². The van der Waals surface area contributed by atoms with Crippen molar-refractivity contribution in [1.82, 2.24) is 4.98 Å². The van der Waals surface area contributed by atoms with Gasteiger partial charge in [-0.05, 0) is 0 Å². The average molecular weight is 329 g/mol. The topological polar surface area (TPSA) is 12.9 Å². The molecule has 0 aromatic carbocycles. The van der Waals surface area contributed by atoms with E-state index in [2.05, 4.69) is 4.98 Å². The molecule has 0 radical (unpaired) electrons. The molecule has 0 bridgehead atoms. The Bertz CT molecular complexity index is 354. The molecule has 1 nitrogen and oxygen atoms in total. The van der Waals surface area contributed by atoms with Crippen molar-refractivity contribution in [3.05, 3.63) is 23.5 Å². The number of aromatic nitrogens is 1. The van der Waals surface area contributed by atoms with Crippen LogP contribution in [0.15, 0.2) is 0 Å². The maximum absolute atomic E-state index is 12.9. The van der Waals surface area contributed by atoms with E-state index in [1.54, 1.807) is 0 Å². The van der Waals surface area contributed by atoms with Crippen molar-refractivity contribution in [3.63, 3.8) is 0 Å². The second-order valence-electron chi connectivity index (χ2n) is 2.19. The first-order valence-electron chi connectivity index (χ1n) is 3.02. The van der Waals surface area contributed by atoms with Gasteiger partial charge in [0.25, 0.3) is 0 Å². The zero-order valence-corrected chi connectivity index (χ0v) is 10.5. The van der Waals surface area contributed by atoms with E-state index in [1.165, 1.54) is 0 Å². The molecule has 14 heavy (non-hydrogen) atoms. The van der Waals surface area contributed by atoms with Gasteiger partial charge in [0.15, 0.2) is 0 Å². The fourth-order valence-corrected chi connectivity index (χ4v) is 4.80. The van der Waals surface area contributed by atoms with Crippen LogP contribution < -0.4 is 4.40 Å². The Hall–Kier alpha value is 0.283.